The molecule has 0 aromatic heterocycles. The highest BCUT2D eigenvalue weighted by molar-refractivity contribution is 5.79. The number of amides is 1. The van der Waals surface area contributed by atoms with Gasteiger partial charge in [0.05, 0.1) is 13.2 Å². The average Bonchev–Trinajstić information content (AvgIpc) is 2.19. The Morgan fingerprint density at radius 1 is 1.43 bits per heavy atom. The number of benzene rings is 1. The summed E-state index contributed by atoms with van der Waals surface area (Å²) in [6.07, 6.45) is 0.458. The van der Waals surface area contributed by atoms with Gasteiger partial charge in [-0.1, -0.05) is 12.1 Å². The molecule has 76 valence electrons. The van der Waals surface area contributed by atoms with Crippen molar-refractivity contribution < 1.29 is 9.53 Å². The topological polar surface area (TPSA) is 78.3 Å². The molecule has 1 aromatic rings. The third-order valence-electron chi connectivity index (χ3n) is 1.98. The highest BCUT2D eigenvalue weighted by Gasteiger charge is 2.09. The molecule has 0 aliphatic heterocycles. The summed E-state index contributed by atoms with van der Waals surface area (Å²) in [5.74, 6) is 0.294. The number of nitrogens with two attached hydrogens (primary N) is 2. The summed E-state index contributed by atoms with van der Waals surface area (Å²) in [5.41, 5.74) is 11.5. The number of carbonyl (C=O) groups is 1. The fraction of sp³-hybridized carbons (Fsp3) is 0.300. The number of primary amides is 1. The zero-order valence-electron chi connectivity index (χ0n) is 8.07. The second-order valence-corrected chi connectivity index (χ2v) is 3.06. The largest absolute Gasteiger partial charge is 0.497 e. The van der Waals surface area contributed by atoms with Crippen molar-refractivity contribution in [2.24, 2.45) is 11.5 Å². The molecule has 1 atom stereocenters. The molecule has 4 heteroatoms. The molecule has 4 N–H and O–H groups in total. The number of hydrogen-bond donors (Lipinski definition) is 2. The Hall–Kier alpha value is -1.55. The van der Waals surface area contributed by atoms with Crippen LogP contribution in [0.3, 0.4) is 0 Å². The van der Waals surface area contributed by atoms with Crippen LogP contribution in [0.2, 0.25) is 0 Å². The second-order valence-electron chi connectivity index (χ2n) is 3.06. The summed E-state index contributed by atoms with van der Waals surface area (Å²) >= 11 is 0. The van der Waals surface area contributed by atoms with Gasteiger partial charge in [-0.2, -0.15) is 0 Å². The molecule has 0 saturated carbocycles. The van der Waals surface area contributed by atoms with Gasteiger partial charge >= 0.3 is 0 Å². The molecule has 0 aliphatic rings. The summed E-state index contributed by atoms with van der Waals surface area (Å²) in [6, 6.07) is 6.75. The van der Waals surface area contributed by atoms with Crippen LogP contribution >= 0.6 is 0 Å². The normalized spacial score (nSPS) is 12.1. The SMILES string of the molecule is COc1ccc(C[C@@H](N)C(N)=O)cc1. The third kappa shape index (κ3) is 2.74. The number of carbonyl (C=O) groups excluding carboxylic acids is 1. The molecule has 0 spiro atoms. The van der Waals surface area contributed by atoms with E-state index >= 15 is 0 Å². The number of methoxy groups -OCH3 is 1. The first kappa shape index (κ1) is 10.5. The molecule has 0 saturated heterocycles. The maximum absolute atomic E-state index is 10.7. The predicted octanol–water partition coefficient (Wildman–Crippen LogP) is 0.0503. The van der Waals surface area contributed by atoms with Crippen molar-refractivity contribution in [2.75, 3.05) is 7.11 Å². The molecule has 1 amide bonds. The number of hydrogen-bond acceptors (Lipinski definition) is 3. The molecule has 0 radical (unpaired) electrons. The Kier molecular flexibility index (Phi) is 3.48. The van der Waals surface area contributed by atoms with Crippen molar-refractivity contribution in [2.45, 2.75) is 12.5 Å². The lowest BCUT2D eigenvalue weighted by Gasteiger charge is -2.07. The van der Waals surface area contributed by atoms with Gasteiger partial charge in [0.1, 0.15) is 5.75 Å². The molecule has 0 bridgehead atoms. The molecule has 0 fully saturated rings. The van der Waals surface area contributed by atoms with Crippen LogP contribution in [0.4, 0.5) is 0 Å². The highest BCUT2D eigenvalue weighted by atomic mass is 16.5. The van der Waals surface area contributed by atoms with E-state index < -0.39 is 11.9 Å². The van der Waals surface area contributed by atoms with Gasteiger partial charge in [-0.3, -0.25) is 4.79 Å². The van der Waals surface area contributed by atoms with E-state index in [0.29, 0.717) is 6.42 Å². The van der Waals surface area contributed by atoms with Crippen LogP contribution in [0.1, 0.15) is 5.56 Å². The molecular weight excluding hydrogens is 180 g/mol. The van der Waals surface area contributed by atoms with E-state index in [1.807, 2.05) is 24.3 Å². The van der Waals surface area contributed by atoms with Gasteiger partial charge in [0.25, 0.3) is 0 Å². The number of rotatable bonds is 4. The molecule has 14 heavy (non-hydrogen) atoms. The fourth-order valence-electron chi connectivity index (χ4n) is 1.12. The third-order valence-corrected chi connectivity index (χ3v) is 1.98. The van der Waals surface area contributed by atoms with Gasteiger partial charge in [-0.05, 0) is 24.1 Å². The first-order valence-electron chi connectivity index (χ1n) is 4.31. The summed E-state index contributed by atoms with van der Waals surface area (Å²) in [6.45, 7) is 0. The first-order valence-corrected chi connectivity index (χ1v) is 4.31. The minimum Gasteiger partial charge on any atom is -0.497 e. The second kappa shape index (κ2) is 4.62. The molecular formula is C10H14N2O2. The zero-order valence-corrected chi connectivity index (χ0v) is 8.07. The van der Waals surface area contributed by atoms with Crippen LogP contribution in [0.25, 0.3) is 0 Å². The minimum absolute atomic E-state index is 0.458. The van der Waals surface area contributed by atoms with Crippen LogP contribution in [-0.4, -0.2) is 19.1 Å². The fourth-order valence-corrected chi connectivity index (χ4v) is 1.12. The summed E-state index contributed by atoms with van der Waals surface area (Å²) in [7, 11) is 1.60. The van der Waals surface area contributed by atoms with Crippen molar-refractivity contribution >= 4 is 5.91 Å². The van der Waals surface area contributed by atoms with E-state index in [-0.39, 0.29) is 0 Å². The van der Waals surface area contributed by atoms with Gasteiger partial charge < -0.3 is 16.2 Å². The maximum atomic E-state index is 10.7. The Labute approximate surface area is 82.8 Å². The lowest BCUT2D eigenvalue weighted by molar-refractivity contribution is -0.119. The van der Waals surface area contributed by atoms with Crippen molar-refractivity contribution in [1.29, 1.82) is 0 Å². The van der Waals surface area contributed by atoms with Crippen molar-refractivity contribution in [3.8, 4) is 5.75 Å². The molecule has 1 rings (SSSR count). The van der Waals surface area contributed by atoms with Crippen molar-refractivity contribution in [1.82, 2.24) is 0 Å². The molecule has 0 heterocycles. The Morgan fingerprint density at radius 3 is 2.43 bits per heavy atom. The number of ether oxygens (including phenoxy) is 1. The maximum Gasteiger partial charge on any atom is 0.234 e. The quantitative estimate of drug-likeness (QED) is 0.710. The van der Waals surface area contributed by atoms with E-state index in [0.717, 1.165) is 11.3 Å². The van der Waals surface area contributed by atoms with Crippen LogP contribution in [0.15, 0.2) is 24.3 Å². The average molecular weight is 194 g/mol. The molecule has 0 unspecified atom stereocenters. The van der Waals surface area contributed by atoms with Gasteiger partial charge in [0, 0.05) is 0 Å². The Bertz CT molecular complexity index is 308. The van der Waals surface area contributed by atoms with E-state index in [9.17, 15) is 4.79 Å². The van der Waals surface area contributed by atoms with Gasteiger partial charge in [-0.25, -0.2) is 0 Å². The monoisotopic (exact) mass is 194 g/mol. The van der Waals surface area contributed by atoms with E-state index in [1.54, 1.807) is 7.11 Å². The first-order chi connectivity index (χ1) is 6.63. The zero-order chi connectivity index (χ0) is 10.6. The lowest BCUT2D eigenvalue weighted by Crippen LogP contribution is -2.38. The summed E-state index contributed by atoms with van der Waals surface area (Å²) in [5, 5.41) is 0. The van der Waals surface area contributed by atoms with E-state index in [1.165, 1.54) is 0 Å². The lowest BCUT2D eigenvalue weighted by atomic mass is 10.1. The van der Waals surface area contributed by atoms with E-state index in [2.05, 4.69) is 0 Å². The van der Waals surface area contributed by atoms with Gasteiger partial charge in [-0.15, -0.1) is 0 Å². The Balaban J connectivity index is 2.64. The molecule has 0 aliphatic carbocycles. The summed E-state index contributed by atoms with van der Waals surface area (Å²) in [4.78, 5) is 10.7. The standard InChI is InChI=1S/C10H14N2O2/c1-14-8-4-2-7(3-5-8)6-9(11)10(12)13/h2-5,9H,6,11H2,1H3,(H2,12,13)/t9-/m1/s1. The van der Waals surface area contributed by atoms with Gasteiger partial charge in [0.15, 0.2) is 0 Å². The molecule has 1 aromatic carbocycles. The smallest absolute Gasteiger partial charge is 0.234 e. The van der Waals surface area contributed by atoms with Crippen LogP contribution in [-0.2, 0) is 11.2 Å². The van der Waals surface area contributed by atoms with Gasteiger partial charge in [0.2, 0.25) is 5.91 Å². The molecule has 4 nitrogen and oxygen atoms in total. The van der Waals surface area contributed by atoms with Crippen molar-refractivity contribution in [3.63, 3.8) is 0 Å². The minimum atomic E-state index is -0.622. The predicted molar refractivity (Wildman–Crippen MR) is 53.9 cm³/mol. The van der Waals surface area contributed by atoms with Crippen LogP contribution in [0, 0.1) is 0 Å². The summed E-state index contributed by atoms with van der Waals surface area (Å²) < 4.78 is 5.00. The van der Waals surface area contributed by atoms with Crippen LogP contribution < -0.4 is 16.2 Å². The Morgan fingerprint density at radius 2 is 2.00 bits per heavy atom. The van der Waals surface area contributed by atoms with Crippen molar-refractivity contribution in [3.05, 3.63) is 29.8 Å². The van der Waals surface area contributed by atoms with Crippen LogP contribution in [0.5, 0.6) is 5.75 Å². The van der Waals surface area contributed by atoms with E-state index in [4.69, 9.17) is 16.2 Å². The highest BCUT2D eigenvalue weighted by Crippen LogP contribution is 2.12.